The van der Waals surface area contributed by atoms with Crippen LogP contribution >= 0.6 is 11.3 Å². The average Bonchev–Trinajstić information content (AvgIpc) is 2.82. The summed E-state index contributed by atoms with van der Waals surface area (Å²) in [5.41, 5.74) is 1.59. The van der Waals surface area contributed by atoms with Crippen molar-refractivity contribution in [1.29, 1.82) is 0 Å². The zero-order valence-electron chi connectivity index (χ0n) is 11.9. The fraction of sp³-hybridized carbons (Fsp3) is 0.529. The third kappa shape index (κ3) is 2.70. The van der Waals surface area contributed by atoms with E-state index < -0.39 is 0 Å². The standard InChI is InChI=1S/C17H23NS/c1-12(2)10-18-11-14-6-7-15(14)16-5-3-4-13-8-9-19-17(13)16/h3-5,8-9,12,14-15,18H,6-7,10-11H2,1-2H3. The number of thiophene rings is 1. The van der Waals surface area contributed by atoms with E-state index in [9.17, 15) is 0 Å². The van der Waals surface area contributed by atoms with Crippen LogP contribution in [0.3, 0.4) is 0 Å². The Morgan fingerprint density at radius 2 is 2.16 bits per heavy atom. The van der Waals surface area contributed by atoms with Crippen molar-refractivity contribution in [2.45, 2.75) is 32.6 Å². The first-order valence-corrected chi connectivity index (χ1v) is 8.30. The van der Waals surface area contributed by atoms with Crippen LogP contribution in [0.2, 0.25) is 0 Å². The van der Waals surface area contributed by atoms with Crippen molar-refractivity contribution in [3.63, 3.8) is 0 Å². The smallest absolute Gasteiger partial charge is 0.0377 e. The second-order valence-corrected chi connectivity index (χ2v) is 7.10. The van der Waals surface area contributed by atoms with Gasteiger partial charge in [0, 0.05) is 4.70 Å². The Hall–Kier alpha value is -0.860. The molecule has 1 aliphatic rings. The highest BCUT2D eigenvalue weighted by atomic mass is 32.1. The van der Waals surface area contributed by atoms with Crippen LogP contribution < -0.4 is 5.32 Å². The van der Waals surface area contributed by atoms with Gasteiger partial charge < -0.3 is 5.32 Å². The lowest BCUT2D eigenvalue weighted by molar-refractivity contribution is 0.245. The van der Waals surface area contributed by atoms with Crippen LogP contribution in [0.25, 0.3) is 10.1 Å². The highest BCUT2D eigenvalue weighted by molar-refractivity contribution is 7.17. The molecule has 2 atom stereocenters. The number of hydrogen-bond donors (Lipinski definition) is 1. The zero-order valence-corrected chi connectivity index (χ0v) is 12.7. The van der Waals surface area contributed by atoms with E-state index in [1.807, 2.05) is 11.3 Å². The molecule has 0 saturated heterocycles. The van der Waals surface area contributed by atoms with Crippen LogP contribution in [-0.2, 0) is 0 Å². The number of rotatable bonds is 5. The normalized spacial score (nSPS) is 22.9. The molecule has 0 spiro atoms. The molecule has 2 heteroatoms. The Kier molecular flexibility index (Phi) is 3.90. The quantitative estimate of drug-likeness (QED) is 0.836. The predicted octanol–water partition coefficient (Wildman–Crippen LogP) is 4.64. The van der Waals surface area contributed by atoms with Crippen molar-refractivity contribution in [2.24, 2.45) is 11.8 Å². The summed E-state index contributed by atoms with van der Waals surface area (Å²) in [6, 6.07) is 9.05. The van der Waals surface area contributed by atoms with Gasteiger partial charge in [0.15, 0.2) is 0 Å². The summed E-state index contributed by atoms with van der Waals surface area (Å²) >= 11 is 1.90. The lowest BCUT2D eigenvalue weighted by atomic mass is 9.70. The van der Waals surface area contributed by atoms with E-state index in [0.29, 0.717) is 0 Å². The first-order valence-electron chi connectivity index (χ1n) is 7.42. The average molecular weight is 273 g/mol. The Balaban J connectivity index is 1.70. The summed E-state index contributed by atoms with van der Waals surface area (Å²) in [6.45, 7) is 6.88. The van der Waals surface area contributed by atoms with E-state index in [4.69, 9.17) is 0 Å². The first-order chi connectivity index (χ1) is 9.25. The lowest BCUT2D eigenvalue weighted by Gasteiger charge is -2.37. The maximum absolute atomic E-state index is 3.63. The Morgan fingerprint density at radius 1 is 1.26 bits per heavy atom. The summed E-state index contributed by atoms with van der Waals surface area (Å²) in [4.78, 5) is 0. The summed E-state index contributed by atoms with van der Waals surface area (Å²) < 4.78 is 1.51. The number of benzene rings is 1. The second kappa shape index (κ2) is 5.64. The summed E-state index contributed by atoms with van der Waals surface area (Å²) in [6.07, 6.45) is 2.75. The molecule has 1 aromatic carbocycles. The molecular formula is C17H23NS. The van der Waals surface area contributed by atoms with E-state index >= 15 is 0 Å². The Morgan fingerprint density at radius 3 is 2.89 bits per heavy atom. The largest absolute Gasteiger partial charge is 0.316 e. The number of hydrogen-bond acceptors (Lipinski definition) is 2. The van der Waals surface area contributed by atoms with Gasteiger partial charge in [-0.25, -0.2) is 0 Å². The molecule has 102 valence electrons. The molecule has 1 heterocycles. The molecule has 1 aromatic heterocycles. The van der Waals surface area contributed by atoms with E-state index in [-0.39, 0.29) is 0 Å². The number of fused-ring (bicyclic) bond motifs is 1. The van der Waals surface area contributed by atoms with Crippen LogP contribution in [-0.4, -0.2) is 13.1 Å². The van der Waals surface area contributed by atoms with Crippen LogP contribution in [0.4, 0.5) is 0 Å². The molecule has 2 unspecified atom stereocenters. The van der Waals surface area contributed by atoms with Crippen molar-refractivity contribution in [2.75, 3.05) is 13.1 Å². The molecule has 0 amide bonds. The van der Waals surface area contributed by atoms with Gasteiger partial charge in [0.2, 0.25) is 0 Å². The van der Waals surface area contributed by atoms with Gasteiger partial charge in [-0.05, 0) is 66.1 Å². The van der Waals surface area contributed by atoms with Crippen molar-refractivity contribution in [3.8, 4) is 0 Å². The molecule has 1 nitrogen and oxygen atoms in total. The third-order valence-electron chi connectivity index (χ3n) is 4.29. The van der Waals surface area contributed by atoms with Gasteiger partial charge in [-0.15, -0.1) is 11.3 Å². The van der Waals surface area contributed by atoms with Gasteiger partial charge in [-0.2, -0.15) is 0 Å². The van der Waals surface area contributed by atoms with Gasteiger partial charge >= 0.3 is 0 Å². The highest BCUT2D eigenvalue weighted by Gasteiger charge is 2.32. The molecule has 3 rings (SSSR count). The zero-order chi connectivity index (χ0) is 13.2. The fourth-order valence-corrected chi connectivity index (χ4v) is 4.07. The van der Waals surface area contributed by atoms with E-state index in [1.165, 1.54) is 29.5 Å². The maximum atomic E-state index is 3.63. The van der Waals surface area contributed by atoms with Gasteiger partial charge in [0.05, 0.1) is 0 Å². The van der Waals surface area contributed by atoms with Crippen LogP contribution in [0.5, 0.6) is 0 Å². The van der Waals surface area contributed by atoms with Crippen molar-refractivity contribution in [1.82, 2.24) is 5.32 Å². The molecule has 2 aromatic rings. The monoisotopic (exact) mass is 273 g/mol. The minimum atomic E-state index is 0.749. The predicted molar refractivity (Wildman–Crippen MR) is 85.0 cm³/mol. The number of nitrogens with one attached hydrogen (secondary N) is 1. The minimum Gasteiger partial charge on any atom is -0.316 e. The molecule has 19 heavy (non-hydrogen) atoms. The van der Waals surface area contributed by atoms with Crippen molar-refractivity contribution in [3.05, 3.63) is 35.2 Å². The molecule has 0 radical (unpaired) electrons. The molecule has 1 fully saturated rings. The van der Waals surface area contributed by atoms with E-state index in [0.717, 1.165) is 24.3 Å². The second-order valence-electron chi connectivity index (χ2n) is 6.18. The summed E-state index contributed by atoms with van der Waals surface area (Å²) in [7, 11) is 0. The maximum Gasteiger partial charge on any atom is 0.0377 e. The van der Waals surface area contributed by atoms with Crippen molar-refractivity contribution < 1.29 is 0 Å². The minimum absolute atomic E-state index is 0.749. The topological polar surface area (TPSA) is 12.0 Å². The molecule has 1 aliphatic carbocycles. The summed E-state index contributed by atoms with van der Waals surface area (Å²) in [5, 5.41) is 7.27. The van der Waals surface area contributed by atoms with Crippen LogP contribution in [0, 0.1) is 11.8 Å². The van der Waals surface area contributed by atoms with E-state index in [2.05, 4.69) is 48.8 Å². The highest BCUT2D eigenvalue weighted by Crippen LogP contribution is 2.45. The molecule has 1 saturated carbocycles. The lowest BCUT2D eigenvalue weighted by Crippen LogP contribution is -2.35. The van der Waals surface area contributed by atoms with Gasteiger partial charge in [-0.1, -0.05) is 32.0 Å². The molecule has 0 aliphatic heterocycles. The third-order valence-corrected chi connectivity index (χ3v) is 5.26. The summed E-state index contributed by atoms with van der Waals surface area (Å²) in [5.74, 6) is 2.37. The first kappa shape index (κ1) is 13.1. The molecule has 1 N–H and O–H groups in total. The van der Waals surface area contributed by atoms with Crippen molar-refractivity contribution >= 4 is 21.4 Å². The van der Waals surface area contributed by atoms with Gasteiger partial charge in [-0.3, -0.25) is 0 Å². The van der Waals surface area contributed by atoms with Crippen LogP contribution in [0.15, 0.2) is 29.6 Å². The molecule has 0 bridgehead atoms. The molecular weight excluding hydrogens is 250 g/mol. The SMILES string of the molecule is CC(C)CNCC1CCC1c1cccc2ccsc12. The van der Waals surface area contributed by atoms with Gasteiger partial charge in [0.1, 0.15) is 0 Å². The van der Waals surface area contributed by atoms with Gasteiger partial charge in [0.25, 0.3) is 0 Å². The fourth-order valence-electron chi connectivity index (χ4n) is 3.09. The Bertz CT molecular complexity index is 543. The van der Waals surface area contributed by atoms with Crippen LogP contribution in [0.1, 0.15) is 38.2 Å². The van der Waals surface area contributed by atoms with E-state index in [1.54, 1.807) is 5.56 Å². The Labute approximate surface area is 120 Å².